The van der Waals surface area contributed by atoms with E-state index in [4.69, 9.17) is 14.2 Å². The Morgan fingerprint density at radius 2 is 1.85 bits per heavy atom. The van der Waals surface area contributed by atoms with Crippen LogP contribution in [0.5, 0.6) is 11.5 Å². The summed E-state index contributed by atoms with van der Waals surface area (Å²) in [6.07, 6.45) is 0.668. The molecule has 0 bridgehead atoms. The van der Waals surface area contributed by atoms with Crippen LogP contribution in [0.1, 0.15) is 33.4 Å². The second kappa shape index (κ2) is 12.2. The van der Waals surface area contributed by atoms with Crippen LogP contribution in [-0.4, -0.2) is 85.2 Å². The van der Waals surface area contributed by atoms with Gasteiger partial charge in [0.05, 0.1) is 49.6 Å². The van der Waals surface area contributed by atoms with Crippen LogP contribution in [0.15, 0.2) is 59.9 Å². The fourth-order valence-electron chi connectivity index (χ4n) is 5.22. The molecule has 1 N–H and O–H groups in total. The van der Waals surface area contributed by atoms with E-state index in [1.807, 2.05) is 30.3 Å². The molecule has 210 valence electrons. The molecule has 3 heterocycles. The number of aromatic nitrogens is 1. The predicted molar refractivity (Wildman–Crippen MR) is 152 cm³/mol. The molecule has 3 aromatic rings. The van der Waals surface area contributed by atoms with Gasteiger partial charge in [-0.25, -0.2) is 4.98 Å². The van der Waals surface area contributed by atoms with Crippen LogP contribution < -0.4 is 9.47 Å². The van der Waals surface area contributed by atoms with Crippen molar-refractivity contribution in [1.29, 1.82) is 0 Å². The molecular weight excluding hydrogens is 530 g/mol. The lowest BCUT2D eigenvalue weighted by molar-refractivity contribution is -0.129. The highest BCUT2D eigenvalue weighted by molar-refractivity contribution is 7.17. The Balaban J connectivity index is 1.52. The number of aryl methyl sites for hydroxylation is 1. The molecule has 0 saturated carbocycles. The van der Waals surface area contributed by atoms with Crippen molar-refractivity contribution in [3.63, 3.8) is 0 Å². The van der Waals surface area contributed by atoms with Crippen molar-refractivity contribution in [2.24, 2.45) is 0 Å². The number of thiazole rings is 1. The fourth-order valence-corrected chi connectivity index (χ4v) is 6.24. The average Bonchev–Trinajstić information content (AvgIpc) is 3.50. The van der Waals surface area contributed by atoms with Crippen LogP contribution in [0, 0.1) is 6.92 Å². The molecule has 0 radical (unpaired) electrons. The van der Waals surface area contributed by atoms with Crippen molar-refractivity contribution in [2.75, 3.05) is 53.6 Å². The van der Waals surface area contributed by atoms with Gasteiger partial charge in [-0.2, -0.15) is 0 Å². The molecule has 1 aromatic heterocycles. The third-order valence-corrected chi connectivity index (χ3v) is 8.49. The van der Waals surface area contributed by atoms with Gasteiger partial charge in [-0.1, -0.05) is 30.3 Å². The van der Waals surface area contributed by atoms with Crippen LogP contribution in [-0.2, 0) is 9.53 Å². The maximum absolute atomic E-state index is 14.2. The summed E-state index contributed by atoms with van der Waals surface area (Å²) in [4.78, 5) is 36.6. The van der Waals surface area contributed by atoms with E-state index in [1.54, 1.807) is 37.1 Å². The van der Waals surface area contributed by atoms with E-state index in [0.717, 1.165) is 25.2 Å². The Morgan fingerprint density at radius 3 is 2.55 bits per heavy atom. The minimum absolute atomic E-state index is 0.0225. The quantitative estimate of drug-likeness (QED) is 0.362. The van der Waals surface area contributed by atoms with E-state index >= 15 is 0 Å². The van der Waals surface area contributed by atoms with Crippen LogP contribution in [0.2, 0.25) is 0 Å². The highest BCUT2D eigenvalue weighted by Gasteiger charge is 2.45. The summed E-state index contributed by atoms with van der Waals surface area (Å²) in [6, 6.07) is 14.0. The second-order valence-corrected chi connectivity index (χ2v) is 10.7. The summed E-state index contributed by atoms with van der Waals surface area (Å²) < 4.78 is 16.6. The minimum Gasteiger partial charge on any atom is -0.503 e. The van der Waals surface area contributed by atoms with Crippen LogP contribution in [0.25, 0.3) is 10.6 Å². The summed E-state index contributed by atoms with van der Waals surface area (Å²) in [5.74, 6) is -0.502. The number of aliphatic hydroxyl groups excluding tert-OH is 1. The van der Waals surface area contributed by atoms with Crippen molar-refractivity contribution in [2.45, 2.75) is 19.4 Å². The molecule has 0 aliphatic carbocycles. The van der Waals surface area contributed by atoms with Gasteiger partial charge in [-0.15, -0.1) is 11.3 Å². The van der Waals surface area contributed by atoms with Crippen molar-refractivity contribution in [3.8, 4) is 22.1 Å². The van der Waals surface area contributed by atoms with E-state index < -0.39 is 23.5 Å². The van der Waals surface area contributed by atoms with E-state index in [-0.39, 0.29) is 5.57 Å². The number of carbonyl (C=O) groups is 2. The Labute approximate surface area is 237 Å². The van der Waals surface area contributed by atoms with Gasteiger partial charge in [-0.3, -0.25) is 14.5 Å². The molecular formula is C30H33N3O6S. The number of nitrogens with zero attached hydrogens (tertiary/aromatic N) is 3. The molecule has 9 nitrogen and oxygen atoms in total. The van der Waals surface area contributed by atoms with E-state index in [9.17, 15) is 14.7 Å². The van der Waals surface area contributed by atoms with Crippen LogP contribution in [0.4, 0.5) is 0 Å². The highest BCUT2D eigenvalue weighted by Crippen LogP contribution is 2.44. The van der Waals surface area contributed by atoms with Crippen LogP contribution in [0.3, 0.4) is 0 Å². The third-order valence-electron chi connectivity index (χ3n) is 7.28. The maximum Gasteiger partial charge on any atom is 0.290 e. The lowest BCUT2D eigenvalue weighted by Crippen LogP contribution is -2.39. The second-order valence-electron chi connectivity index (χ2n) is 9.71. The van der Waals surface area contributed by atoms with E-state index in [2.05, 4.69) is 9.88 Å². The van der Waals surface area contributed by atoms with Gasteiger partial charge in [0.1, 0.15) is 16.5 Å². The average molecular weight is 564 g/mol. The molecule has 1 atom stereocenters. The normalized spacial score (nSPS) is 17.9. The van der Waals surface area contributed by atoms with Gasteiger partial charge in [0.2, 0.25) is 5.78 Å². The monoisotopic (exact) mass is 563 g/mol. The molecule has 10 heteroatoms. The first-order valence-corrected chi connectivity index (χ1v) is 14.1. The molecule has 1 fully saturated rings. The fraction of sp³-hybridized carbons (Fsp3) is 0.367. The van der Waals surface area contributed by atoms with Gasteiger partial charge in [0, 0.05) is 37.3 Å². The van der Waals surface area contributed by atoms with Crippen molar-refractivity contribution >= 4 is 23.0 Å². The molecule has 0 spiro atoms. The largest absolute Gasteiger partial charge is 0.503 e. The van der Waals surface area contributed by atoms with Gasteiger partial charge >= 0.3 is 0 Å². The first-order valence-electron chi connectivity index (χ1n) is 13.3. The molecule has 5 rings (SSSR count). The molecule has 40 heavy (non-hydrogen) atoms. The van der Waals surface area contributed by atoms with Crippen molar-refractivity contribution < 1.29 is 28.9 Å². The van der Waals surface area contributed by atoms with Crippen molar-refractivity contribution in [3.05, 3.63) is 76.0 Å². The van der Waals surface area contributed by atoms with Crippen LogP contribution >= 0.6 is 11.3 Å². The van der Waals surface area contributed by atoms with Gasteiger partial charge in [0.25, 0.3) is 5.91 Å². The first-order chi connectivity index (χ1) is 19.4. The number of methoxy groups -OCH3 is 2. The zero-order valence-corrected chi connectivity index (χ0v) is 23.7. The van der Waals surface area contributed by atoms with E-state index in [1.165, 1.54) is 18.4 Å². The number of hydrogen-bond donors (Lipinski definition) is 1. The number of benzene rings is 2. The summed E-state index contributed by atoms with van der Waals surface area (Å²) >= 11 is 1.25. The predicted octanol–water partition coefficient (Wildman–Crippen LogP) is 4.44. The SMILES string of the molecule is COc1ccc(OC)c(C2C(C(=O)c3sc(-c4ccccc4)nc3C)=C(O)C(=O)N2CCCN2CCOCC2)c1. The number of ketones is 1. The minimum atomic E-state index is -0.851. The summed E-state index contributed by atoms with van der Waals surface area (Å²) in [5.41, 5.74) is 2.03. The van der Waals surface area contributed by atoms with Gasteiger partial charge in [-0.05, 0) is 31.5 Å². The third kappa shape index (κ3) is 5.47. The number of morpholine rings is 1. The molecule has 1 unspecified atom stereocenters. The lowest BCUT2D eigenvalue weighted by Gasteiger charge is -2.30. The Kier molecular flexibility index (Phi) is 8.49. The number of carbonyl (C=O) groups excluding carboxylic acids is 2. The Bertz CT molecular complexity index is 1410. The molecule has 1 amide bonds. The van der Waals surface area contributed by atoms with Gasteiger partial charge < -0.3 is 24.2 Å². The highest BCUT2D eigenvalue weighted by atomic mass is 32.1. The lowest BCUT2D eigenvalue weighted by atomic mass is 9.94. The molecule has 2 aliphatic rings. The smallest absolute Gasteiger partial charge is 0.290 e. The summed E-state index contributed by atoms with van der Waals surface area (Å²) in [5, 5.41) is 11.9. The number of rotatable bonds is 10. The van der Waals surface area contributed by atoms with Gasteiger partial charge in [0.15, 0.2) is 5.76 Å². The number of aliphatic hydroxyl groups is 1. The Morgan fingerprint density at radius 1 is 1.10 bits per heavy atom. The summed E-state index contributed by atoms with van der Waals surface area (Å²) in [6.45, 7) is 5.93. The zero-order chi connectivity index (χ0) is 28.2. The number of Topliss-reactive ketones (excluding diaryl/α,β-unsaturated/α-hetero) is 1. The molecule has 2 aliphatic heterocycles. The summed E-state index contributed by atoms with van der Waals surface area (Å²) in [7, 11) is 3.09. The topological polar surface area (TPSA) is 101 Å². The molecule has 2 aromatic carbocycles. The van der Waals surface area contributed by atoms with Crippen molar-refractivity contribution in [1.82, 2.24) is 14.8 Å². The first kappa shape index (κ1) is 27.8. The number of hydrogen-bond acceptors (Lipinski definition) is 9. The number of ether oxygens (including phenoxy) is 3. The zero-order valence-electron chi connectivity index (χ0n) is 22.9. The number of amides is 1. The Hall–Kier alpha value is -3.73. The standard InChI is InChI=1S/C30H33N3O6S/c1-19-28(40-29(31-19)20-8-5-4-6-9-20)26(34)24-25(22-18-21(37-2)10-11-23(22)38-3)33(30(36)27(24)35)13-7-12-32-14-16-39-17-15-32/h4-6,8-11,18,25,35H,7,12-17H2,1-3H3. The van der Waals surface area contributed by atoms with E-state index in [0.29, 0.717) is 58.8 Å². The maximum atomic E-state index is 14.2. The molecule has 1 saturated heterocycles.